The van der Waals surface area contributed by atoms with Crippen molar-refractivity contribution < 1.29 is 9.21 Å². The summed E-state index contributed by atoms with van der Waals surface area (Å²) in [6.07, 6.45) is 1.64. The number of piperidine rings is 1. The first-order valence-corrected chi connectivity index (χ1v) is 8.43. The number of hydrogen-bond donors (Lipinski definition) is 2. The minimum Gasteiger partial charge on any atom is -0.408 e. The zero-order chi connectivity index (χ0) is 17.2. The number of hydrogen-bond acceptors (Lipinski definition) is 4. The first kappa shape index (κ1) is 15.5. The van der Waals surface area contributed by atoms with Crippen molar-refractivity contribution in [3.05, 3.63) is 59.1 Å². The van der Waals surface area contributed by atoms with Crippen molar-refractivity contribution in [1.82, 2.24) is 4.98 Å². The van der Waals surface area contributed by atoms with Crippen LogP contribution in [0.15, 0.2) is 57.7 Å². The highest BCUT2D eigenvalue weighted by atomic mass is 16.4. The number of aromatic amines is 1. The number of oxazole rings is 1. The summed E-state index contributed by atoms with van der Waals surface area (Å²) in [5, 5.41) is 2.93. The number of amides is 1. The predicted molar refractivity (Wildman–Crippen MR) is 96.8 cm³/mol. The molecule has 128 valence electrons. The molecular weight excluding hydrogens is 318 g/mol. The van der Waals surface area contributed by atoms with E-state index in [9.17, 15) is 9.59 Å². The Morgan fingerprint density at radius 2 is 1.88 bits per heavy atom. The minimum absolute atomic E-state index is 0.00566. The summed E-state index contributed by atoms with van der Waals surface area (Å²) in [7, 11) is 0. The van der Waals surface area contributed by atoms with Gasteiger partial charge in [-0.1, -0.05) is 18.2 Å². The minimum atomic E-state index is -0.494. The quantitative estimate of drug-likeness (QED) is 0.770. The van der Waals surface area contributed by atoms with Crippen molar-refractivity contribution >= 4 is 28.4 Å². The Bertz CT molecular complexity index is 937. The maximum Gasteiger partial charge on any atom is 0.417 e. The third-order valence-electron chi connectivity index (χ3n) is 4.68. The van der Waals surface area contributed by atoms with Crippen LogP contribution in [0.5, 0.6) is 0 Å². The molecule has 2 N–H and O–H groups in total. The monoisotopic (exact) mass is 337 g/mol. The summed E-state index contributed by atoms with van der Waals surface area (Å²) in [6, 6.07) is 15.4. The van der Waals surface area contributed by atoms with Gasteiger partial charge in [0, 0.05) is 36.4 Å². The van der Waals surface area contributed by atoms with Gasteiger partial charge in [-0.05, 0) is 37.1 Å². The van der Waals surface area contributed by atoms with Gasteiger partial charge < -0.3 is 14.6 Å². The summed E-state index contributed by atoms with van der Waals surface area (Å²) < 4.78 is 5.03. The SMILES string of the molecule is O=C(Nc1ccc2[nH]c(=O)oc2c1)C1CCN(c2ccccc2)CC1. The van der Waals surface area contributed by atoms with Crippen LogP contribution in [0.3, 0.4) is 0 Å². The molecule has 0 aliphatic carbocycles. The van der Waals surface area contributed by atoms with Crippen LogP contribution in [0.4, 0.5) is 11.4 Å². The topological polar surface area (TPSA) is 78.3 Å². The summed E-state index contributed by atoms with van der Waals surface area (Å²) in [5.41, 5.74) is 2.92. The van der Waals surface area contributed by atoms with Crippen molar-refractivity contribution in [1.29, 1.82) is 0 Å². The van der Waals surface area contributed by atoms with Crippen LogP contribution in [0, 0.1) is 5.92 Å². The van der Waals surface area contributed by atoms with Crippen molar-refractivity contribution in [2.75, 3.05) is 23.3 Å². The molecule has 2 heterocycles. The lowest BCUT2D eigenvalue weighted by Gasteiger charge is -2.33. The average Bonchev–Trinajstić information content (AvgIpc) is 3.02. The van der Waals surface area contributed by atoms with E-state index in [2.05, 4.69) is 27.3 Å². The number of fused-ring (bicyclic) bond motifs is 1. The summed E-state index contributed by atoms with van der Waals surface area (Å²) in [6.45, 7) is 1.74. The van der Waals surface area contributed by atoms with Crippen molar-refractivity contribution in [3.8, 4) is 0 Å². The fourth-order valence-corrected chi connectivity index (χ4v) is 3.31. The van der Waals surface area contributed by atoms with Gasteiger partial charge in [0.05, 0.1) is 5.52 Å². The number of carbonyl (C=O) groups excluding carboxylic acids is 1. The Morgan fingerprint density at radius 1 is 1.12 bits per heavy atom. The van der Waals surface area contributed by atoms with E-state index in [1.807, 2.05) is 18.2 Å². The second kappa shape index (κ2) is 6.47. The molecule has 0 radical (unpaired) electrons. The third kappa shape index (κ3) is 3.28. The lowest BCUT2D eigenvalue weighted by atomic mass is 9.95. The second-order valence-corrected chi connectivity index (χ2v) is 6.31. The van der Waals surface area contributed by atoms with E-state index in [1.54, 1.807) is 18.2 Å². The highest BCUT2D eigenvalue weighted by molar-refractivity contribution is 5.94. The maximum absolute atomic E-state index is 12.5. The average molecular weight is 337 g/mol. The molecular formula is C19H19N3O3. The smallest absolute Gasteiger partial charge is 0.408 e. The highest BCUT2D eigenvalue weighted by Crippen LogP contribution is 2.24. The number of anilines is 2. The lowest BCUT2D eigenvalue weighted by Crippen LogP contribution is -2.38. The predicted octanol–water partition coefficient (Wildman–Crippen LogP) is 2.98. The Labute approximate surface area is 144 Å². The molecule has 25 heavy (non-hydrogen) atoms. The van der Waals surface area contributed by atoms with Gasteiger partial charge in [0.15, 0.2) is 5.58 Å². The fourth-order valence-electron chi connectivity index (χ4n) is 3.31. The summed E-state index contributed by atoms with van der Waals surface area (Å²) in [4.78, 5) is 28.6. The molecule has 2 aromatic carbocycles. The van der Waals surface area contributed by atoms with E-state index in [-0.39, 0.29) is 11.8 Å². The Balaban J connectivity index is 1.39. The number of nitrogens with one attached hydrogen (secondary N) is 2. The van der Waals surface area contributed by atoms with Gasteiger partial charge in [-0.3, -0.25) is 9.78 Å². The zero-order valence-corrected chi connectivity index (χ0v) is 13.7. The fraction of sp³-hybridized carbons (Fsp3) is 0.263. The van der Waals surface area contributed by atoms with E-state index < -0.39 is 5.76 Å². The van der Waals surface area contributed by atoms with Gasteiger partial charge in [-0.15, -0.1) is 0 Å². The molecule has 0 saturated carbocycles. The first-order chi connectivity index (χ1) is 12.2. The molecule has 1 saturated heterocycles. The largest absolute Gasteiger partial charge is 0.417 e. The van der Waals surface area contributed by atoms with Gasteiger partial charge in [0.25, 0.3) is 0 Å². The number of nitrogens with zero attached hydrogens (tertiary/aromatic N) is 1. The summed E-state index contributed by atoms with van der Waals surface area (Å²) in [5.74, 6) is -0.481. The first-order valence-electron chi connectivity index (χ1n) is 8.43. The van der Waals surface area contributed by atoms with Crippen LogP contribution >= 0.6 is 0 Å². The van der Waals surface area contributed by atoms with Gasteiger partial charge in [-0.2, -0.15) is 0 Å². The molecule has 0 spiro atoms. The molecule has 1 aliphatic rings. The number of para-hydroxylation sites is 1. The molecule has 1 aromatic heterocycles. The van der Waals surface area contributed by atoms with E-state index in [4.69, 9.17) is 4.42 Å². The number of benzene rings is 2. The van der Waals surface area contributed by atoms with Gasteiger partial charge in [-0.25, -0.2) is 4.79 Å². The highest BCUT2D eigenvalue weighted by Gasteiger charge is 2.25. The molecule has 6 heteroatoms. The number of carbonyl (C=O) groups is 1. The van der Waals surface area contributed by atoms with Crippen LogP contribution in [0.25, 0.3) is 11.1 Å². The zero-order valence-electron chi connectivity index (χ0n) is 13.7. The number of aromatic nitrogens is 1. The molecule has 4 rings (SSSR count). The molecule has 1 fully saturated rings. The molecule has 0 bridgehead atoms. The molecule has 1 aliphatic heterocycles. The normalized spacial score (nSPS) is 15.4. The summed E-state index contributed by atoms with van der Waals surface area (Å²) >= 11 is 0. The lowest BCUT2D eigenvalue weighted by molar-refractivity contribution is -0.120. The molecule has 6 nitrogen and oxygen atoms in total. The van der Waals surface area contributed by atoms with E-state index in [0.717, 1.165) is 25.9 Å². The second-order valence-electron chi connectivity index (χ2n) is 6.31. The van der Waals surface area contributed by atoms with E-state index >= 15 is 0 Å². The van der Waals surface area contributed by atoms with E-state index in [1.165, 1.54) is 5.69 Å². The maximum atomic E-state index is 12.5. The number of rotatable bonds is 3. The van der Waals surface area contributed by atoms with Crippen LogP contribution < -0.4 is 16.0 Å². The van der Waals surface area contributed by atoms with Crippen LogP contribution in [-0.4, -0.2) is 24.0 Å². The Kier molecular flexibility index (Phi) is 4.01. The molecule has 3 aromatic rings. The van der Waals surface area contributed by atoms with Gasteiger partial charge in [0.1, 0.15) is 0 Å². The number of H-pyrrole nitrogens is 1. The van der Waals surface area contributed by atoms with Crippen molar-refractivity contribution in [2.45, 2.75) is 12.8 Å². The van der Waals surface area contributed by atoms with Crippen LogP contribution in [-0.2, 0) is 4.79 Å². The van der Waals surface area contributed by atoms with E-state index in [0.29, 0.717) is 16.8 Å². The Morgan fingerprint density at radius 3 is 2.64 bits per heavy atom. The van der Waals surface area contributed by atoms with Gasteiger partial charge in [0.2, 0.25) is 5.91 Å². The van der Waals surface area contributed by atoms with Crippen LogP contribution in [0.2, 0.25) is 0 Å². The standard InChI is InChI=1S/C19H19N3O3/c23-18(20-14-6-7-16-17(12-14)25-19(24)21-16)13-8-10-22(11-9-13)15-4-2-1-3-5-15/h1-7,12-13H,8-11H2,(H,20,23)(H,21,24). The Hall–Kier alpha value is -3.02. The van der Waals surface area contributed by atoms with Crippen LogP contribution in [0.1, 0.15) is 12.8 Å². The molecule has 0 atom stereocenters. The van der Waals surface area contributed by atoms with Gasteiger partial charge >= 0.3 is 5.76 Å². The molecule has 1 amide bonds. The van der Waals surface area contributed by atoms with Crippen molar-refractivity contribution in [2.24, 2.45) is 5.92 Å². The molecule has 0 unspecified atom stereocenters. The third-order valence-corrected chi connectivity index (χ3v) is 4.68. The van der Waals surface area contributed by atoms with Crippen molar-refractivity contribution in [3.63, 3.8) is 0 Å².